The van der Waals surface area contributed by atoms with E-state index in [1.54, 1.807) is 36.4 Å². The number of fused-ring (bicyclic) bond motifs is 1. The van der Waals surface area contributed by atoms with Crippen molar-refractivity contribution in [1.82, 2.24) is 4.98 Å². The van der Waals surface area contributed by atoms with Crippen molar-refractivity contribution in [2.24, 2.45) is 0 Å². The molecule has 4 aromatic rings. The van der Waals surface area contributed by atoms with Gasteiger partial charge >= 0.3 is 0 Å². The molecule has 5 nitrogen and oxygen atoms in total. The number of carbonyl (C=O) groups excluding carboxylic acids is 1. The van der Waals surface area contributed by atoms with Crippen molar-refractivity contribution in [3.8, 4) is 5.75 Å². The van der Waals surface area contributed by atoms with E-state index in [2.05, 4.69) is 10.3 Å². The molecule has 0 radical (unpaired) electrons. The highest BCUT2D eigenvalue weighted by molar-refractivity contribution is 6.01. The normalized spacial score (nSPS) is 11.1. The van der Waals surface area contributed by atoms with Crippen LogP contribution in [-0.4, -0.2) is 10.9 Å². The van der Waals surface area contributed by atoms with Gasteiger partial charge in [0.2, 0.25) is 11.8 Å². The quantitative estimate of drug-likeness (QED) is 0.461. The van der Waals surface area contributed by atoms with Crippen molar-refractivity contribution in [2.75, 3.05) is 5.32 Å². The van der Waals surface area contributed by atoms with E-state index in [0.29, 0.717) is 22.9 Å². The number of para-hydroxylation sites is 2. The van der Waals surface area contributed by atoms with E-state index < -0.39 is 0 Å². The van der Waals surface area contributed by atoms with Crippen LogP contribution in [-0.2, 0) is 11.4 Å². The molecule has 144 valence electrons. The molecular formula is C23H17FN2O3. The fraction of sp³-hybridized carbons (Fsp3) is 0.0435. The number of hydrogen-bond donors (Lipinski definition) is 1. The highest BCUT2D eigenvalue weighted by Crippen LogP contribution is 2.19. The second-order valence-electron chi connectivity index (χ2n) is 6.29. The van der Waals surface area contributed by atoms with Gasteiger partial charge in [-0.25, -0.2) is 9.37 Å². The minimum Gasteiger partial charge on any atom is -0.489 e. The first-order valence-electron chi connectivity index (χ1n) is 8.98. The third-order valence-corrected chi connectivity index (χ3v) is 4.08. The SMILES string of the molecule is O=C(/C=C/c1nc2ccccc2o1)Nc1cccc(OCc2cccc(F)c2)c1. The summed E-state index contributed by atoms with van der Waals surface area (Å²) in [6.45, 7) is 0.229. The molecule has 6 heteroatoms. The minimum absolute atomic E-state index is 0.229. The lowest BCUT2D eigenvalue weighted by atomic mass is 10.2. The smallest absolute Gasteiger partial charge is 0.248 e. The van der Waals surface area contributed by atoms with Gasteiger partial charge in [0.25, 0.3) is 0 Å². The first-order valence-corrected chi connectivity index (χ1v) is 8.98. The number of carbonyl (C=O) groups is 1. The molecule has 1 heterocycles. The highest BCUT2D eigenvalue weighted by Gasteiger charge is 2.04. The maximum absolute atomic E-state index is 13.2. The number of rotatable bonds is 6. The summed E-state index contributed by atoms with van der Waals surface area (Å²) in [7, 11) is 0. The van der Waals surface area contributed by atoms with Crippen molar-refractivity contribution in [2.45, 2.75) is 6.61 Å². The lowest BCUT2D eigenvalue weighted by Crippen LogP contribution is -2.07. The molecule has 0 aliphatic heterocycles. The fourth-order valence-corrected chi connectivity index (χ4v) is 2.75. The molecule has 0 atom stereocenters. The predicted molar refractivity (Wildman–Crippen MR) is 109 cm³/mol. The molecule has 0 spiro atoms. The summed E-state index contributed by atoms with van der Waals surface area (Å²) in [6, 6.07) is 20.6. The largest absolute Gasteiger partial charge is 0.489 e. The minimum atomic E-state index is -0.325. The van der Waals surface area contributed by atoms with Crippen molar-refractivity contribution in [1.29, 1.82) is 0 Å². The van der Waals surface area contributed by atoms with E-state index in [0.717, 1.165) is 11.1 Å². The van der Waals surface area contributed by atoms with Crippen molar-refractivity contribution < 1.29 is 18.3 Å². The lowest BCUT2D eigenvalue weighted by molar-refractivity contribution is -0.111. The van der Waals surface area contributed by atoms with E-state index in [-0.39, 0.29) is 18.3 Å². The molecule has 0 saturated carbocycles. The maximum Gasteiger partial charge on any atom is 0.248 e. The number of amides is 1. The number of ether oxygens (including phenoxy) is 1. The number of nitrogens with zero attached hydrogens (tertiary/aromatic N) is 1. The number of benzene rings is 3. The molecule has 0 aliphatic carbocycles. The summed E-state index contributed by atoms with van der Waals surface area (Å²) in [4.78, 5) is 16.5. The highest BCUT2D eigenvalue weighted by atomic mass is 19.1. The average molecular weight is 388 g/mol. The molecule has 0 unspecified atom stereocenters. The van der Waals surface area contributed by atoms with Crippen LogP contribution in [0.25, 0.3) is 17.2 Å². The molecule has 1 amide bonds. The van der Waals surface area contributed by atoms with Crippen LogP contribution in [0.15, 0.2) is 83.3 Å². The van der Waals surface area contributed by atoms with Gasteiger partial charge in [-0.3, -0.25) is 4.79 Å². The number of hydrogen-bond acceptors (Lipinski definition) is 4. The molecule has 3 aromatic carbocycles. The Labute approximate surface area is 166 Å². The maximum atomic E-state index is 13.2. The van der Waals surface area contributed by atoms with Crippen LogP contribution in [0.5, 0.6) is 5.75 Å². The van der Waals surface area contributed by atoms with Gasteiger partial charge in [0.1, 0.15) is 23.7 Å². The zero-order valence-corrected chi connectivity index (χ0v) is 15.3. The van der Waals surface area contributed by atoms with Gasteiger partial charge in [0.15, 0.2) is 5.58 Å². The van der Waals surface area contributed by atoms with Crippen LogP contribution in [0, 0.1) is 5.82 Å². The Balaban J connectivity index is 1.37. The van der Waals surface area contributed by atoms with Crippen molar-refractivity contribution in [3.05, 3.63) is 96.1 Å². The van der Waals surface area contributed by atoms with Gasteiger partial charge < -0.3 is 14.5 Å². The Morgan fingerprint density at radius 1 is 1.07 bits per heavy atom. The Morgan fingerprint density at radius 3 is 2.79 bits per heavy atom. The molecule has 1 aromatic heterocycles. The molecule has 0 bridgehead atoms. The monoisotopic (exact) mass is 388 g/mol. The van der Waals surface area contributed by atoms with Crippen molar-refractivity contribution >= 4 is 28.8 Å². The number of halogens is 1. The summed E-state index contributed by atoms with van der Waals surface area (Å²) in [6.07, 6.45) is 2.87. The third kappa shape index (κ3) is 4.87. The molecule has 0 aliphatic rings. The third-order valence-electron chi connectivity index (χ3n) is 4.08. The van der Waals surface area contributed by atoms with Crippen LogP contribution in [0.3, 0.4) is 0 Å². The molecule has 29 heavy (non-hydrogen) atoms. The van der Waals surface area contributed by atoms with E-state index in [1.807, 2.05) is 24.3 Å². The van der Waals surface area contributed by atoms with Gasteiger partial charge in [-0.05, 0) is 42.0 Å². The Bertz CT molecular complexity index is 1150. The number of anilines is 1. The Kier molecular flexibility index (Phi) is 5.33. The summed E-state index contributed by atoms with van der Waals surface area (Å²) in [5, 5.41) is 2.76. The van der Waals surface area contributed by atoms with Crippen molar-refractivity contribution in [3.63, 3.8) is 0 Å². The standard InChI is InChI=1S/C23H17FN2O3/c24-17-6-3-5-16(13-17)15-28-19-8-4-7-18(14-19)25-22(27)11-12-23-26-20-9-1-2-10-21(20)29-23/h1-14H,15H2,(H,25,27)/b12-11+. The summed E-state index contributed by atoms with van der Waals surface area (Å²) in [5.41, 5.74) is 2.70. The van der Waals surface area contributed by atoms with Gasteiger partial charge in [-0.1, -0.05) is 30.3 Å². The zero-order chi connectivity index (χ0) is 20.1. The van der Waals surface area contributed by atoms with Crippen LogP contribution in [0.4, 0.5) is 10.1 Å². The van der Waals surface area contributed by atoms with E-state index >= 15 is 0 Å². The lowest BCUT2D eigenvalue weighted by Gasteiger charge is -2.08. The van der Waals surface area contributed by atoms with Crippen LogP contribution >= 0.6 is 0 Å². The first kappa shape index (κ1) is 18.4. The Hall–Kier alpha value is -3.93. The number of oxazole rings is 1. The van der Waals surface area contributed by atoms with Gasteiger partial charge in [-0.15, -0.1) is 0 Å². The molecule has 1 N–H and O–H groups in total. The summed E-state index contributed by atoms with van der Waals surface area (Å²) >= 11 is 0. The molecular weight excluding hydrogens is 371 g/mol. The van der Waals surface area contributed by atoms with Crippen LogP contribution in [0.2, 0.25) is 0 Å². The predicted octanol–water partition coefficient (Wildman–Crippen LogP) is 5.20. The van der Waals surface area contributed by atoms with Crippen LogP contribution < -0.4 is 10.1 Å². The molecule has 4 rings (SSSR count). The summed E-state index contributed by atoms with van der Waals surface area (Å²) < 4.78 is 24.5. The van der Waals surface area contributed by atoms with E-state index in [4.69, 9.17) is 9.15 Å². The van der Waals surface area contributed by atoms with E-state index in [1.165, 1.54) is 24.3 Å². The average Bonchev–Trinajstić information content (AvgIpc) is 3.14. The summed E-state index contributed by atoms with van der Waals surface area (Å²) in [5.74, 6) is 0.288. The van der Waals surface area contributed by atoms with Crippen LogP contribution in [0.1, 0.15) is 11.5 Å². The first-order chi connectivity index (χ1) is 14.2. The second-order valence-corrected chi connectivity index (χ2v) is 6.29. The van der Waals surface area contributed by atoms with Gasteiger partial charge in [0, 0.05) is 23.9 Å². The zero-order valence-electron chi connectivity index (χ0n) is 15.3. The number of aromatic nitrogens is 1. The van der Waals surface area contributed by atoms with Gasteiger partial charge in [0.05, 0.1) is 0 Å². The van der Waals surface area contributed by atoms with E-state index in [9.17, 15) is 9.18 Å². The molecule has 0 fully saturated rings. The number of nitrogens with one attached hydrogen (secondary N) is 1. The molecule has 0 saturated heterocycles. The second kappa shape index (κ2) is 8.39. The topological polar surface area (TPSA) is 64.4 Å². The Morgan fingerprint density at radius 2 is 1.93 bits per heavy atom. The van der Waals surface area contributed by atoms with Gasteiger partial charge in [-0.2, -0.15) is 0 Å². The fourth-order valence-electron chi connectivity index (χ4n) is 2.75.